The summed E-state index contributed by atoms with van der Waals surface area (Å²) in [6, 6.07) is 8.28. The summed E-state index contributed by atoms with van der Waals surface area (Å²) in [5.41, 5.74) is 6.80. The molecule has 10 heteroatoms. The number of benzene rings is 1. The summed E-state index contributed by atoms with van der Waals surface area (Å²) in [6.07, 6.45) is 1.97. The number of rotatable bonds is 7. The van der Waals surface area contributed by atoms with E-state index in [4.69, 9.17) is 15.0 Å². The molecule has 132 valence electrons. The second-order valence-corrected chi connectivity index (χ2v) is 7.11. The highest BCUT2D eigenvalue weighted by atomic mass is 31.2. The molecule has 0 spiro atoms. The van der Waals surface area contributed by atoms with Crippen molar-refractivity contribution in [2.45, 2.75) is 19.6 Å². The molecule has 1 unspecified atom stereocenters. The third kappa shape index (κ3) is 4.33. The van der Waals surface area contributed by atoms with Crippen LogP contribution in [-0.4, -0.2) is 32.0 Å². The maximum absolute atomic E-state index is 12.0. The highest BCUT2D eigenvalue weighted by Crippen LogP contribution is 2.38. The van der Waals surface area contributed by atoms with Crippen molar-refractivity contribution in [1.82, 2.24) is 19.5 Å². The van der Waals surface area contributed by atoms with Gasteiger partial charge in [-0.1, -0.05) is 18.2 Å². The van der Waals surface area contributed by atoms with Crippen LogP contribution in [-0.2, 0) is 15.8 Å². The maximum Gasteiger partial charge on any atom is 0.209 e. The Balaban J connectivity index is 1.59. The first-order chi connectivity index (χ1) is 11.9. The second kappa shape index (κ2) is 7.18. The van der Waals surface area contributed by atoms with E-state index in [0.717, 1.165) is 0 Å². The number of hydrogen-bond donors (Lipinski definition) is 1. The van der Waals surface area contributed by atoms with Crippen LogP contribution in [0.1, 0.15) is 6.92 Å². The van der Waals surface area contributed by atoms with E-state index in [1.165, 1.54) is 6.33 Å². The van der Waals surface area contributed by atoms with Gasteiger partial charge in [0, 0.05) is 0 Å². The van der Waals surface area contributed by atoms with Gasteiger partial charge < -0.3 is 24.5 Å². The van der Waals surface area contributed by atoms with Gasteiger partial charge in [-0.15, -0.1) is 0 Å². The number of nitrogens with two attached hydrogens (primary N) is 1. The van der Waals surface area contributed by atoms with Crippen molar-refractivity contribution in [1.29, 1.82) is 0 Å². The van der Waals surface area contributed by atoms with Gasteiger partial charge >= 0.3 is 0 Å². The quantitative estimate of drug-likeness (QED) is 0.625. The highest BCUT2D eigenvalue weighted by molar-refractivity contribution is 7.51. The summed E-state index contributed by atoms with van der Waals surface area (Å²) in [4.78, 5) is 24.1. The molecule has 9 nitrogen and oxygen atoms in total. The number of nitrogens with zero attached hydrogens (tertiary/aromatic N) is 4. The van der Waals surface area contributed by atoms with Crippen molar-refractivity contribution in [3.8, 4) is 5.75 Å². The molecule has 0 aliphatic rings. The van der Waals surface area contributed by atoms with E-state index in [1.807, 2.05) is 0 Å². The molecule has 0 saturated heterocycles. The van der Waals surface area contributed by atoms with Gasteiger partial charge in [0.1, 0.15) is 23.9 Å². The SMILES string of the molecule is C[C@H](Cn1cnc2c(N)ncnc21)OCP(=O)([O-])Oc1ccccc1. The number of fused-ring (bicyclic) bond motifs is 1. The molecule has 2 N–H and O–H groups in total. The van der Waals surface area contributed by atoms with Gasteiger partial charge in [-0.25, -0.2) is 15.0 Å². The monoisotopic (exact) mass is 362 g/mol. The summed E-state index contributed by atoms with van der Waals surface area (Å²) >= 11 is 0. The number of aromatic nitrogens is 4. The smallest absolute Gasteiger partial charge is 0.209 e. The van der Waals surface area contributed by atoms with Crippen molar-refractivity contribution >= 4 is 24.6 Å². The number of hydrogen-bond acceptors (Lipinski definition) is 8. The molecular weight excluding hydrogens is 345 g/mol. The Kier molecular flexibility index (Phi) is 4.98. The van der Waals surface area contributed by atoms with Crippen LogP contribution in [0.5, 0.6) is 5.75 Å². The molecule has 0 amide bonds. The summed E-state index contributed by atoms with van der Waals surface area (Å²) < 4.78 is 24.1. The summed E-state index contributed by atoms with van der Waals surface area (Å²) in [7, 11) is -4.16. The molecule has 0 fully saturated rings. The molecule has 1 aromatic carbocycles. The number of imidazole rings is 1. The van der Waals surface area contributed by atoms with Gasteiger partial charge in [-0.3, -0.25) is 4.57 Å². The molecule has 0 saturated carbocycles. The topological polar surface area (TPSA) is 128 Å². The Labute approximate surface area is 144 Å². The predicted molar refractivity (Wildman–Crippen MR) is 89.8 cm³/mol. The van der Waals surface area contributed by atoms with Gasteiger partial charge in [0.2, 0.25) is 7.60 Å². The summed E-state index contributed by atoms with van der Waals surface area (Å²) in [6.45, 7) is 2.11. The fourth-order valence-corrected chi connectivity index (χ4v) is 3.18. The van der Waals surface area contributed by atoms with E-state index in [2.05, 4.69) is 15.0 Å². The van der Waals surface area contributed by atoms with Gasteiger partial charge in [0.05, 0.1) is 19.0 Å². The minimum atomic E-state index is -4.16. The first kappa shape index (κ1) is 17.3. The lowest BCUT2D eigenvalue weighted by Gasteiger charge is -2.25. The Morgan fingerprint density at radius 3 is 2.80 bits per heavy atom. The lowest BCUT2D eigenvalue weighted by Crippen LogP contribution is -2.21. The van der Waals surface area contributed by atoms with Crippen LogP contribution in [0.3, 0.4) is 0 Å². The van der Waals surface area contributed by atoms with E-state index < -0.39 is 20.0 Å². The highest BCUT2D eigenvalue weighted by Gasteiger charge is 2.15. The summed E-state index contributed by atoms with van der Waals surface area (Å²) in [5.74, 6) is 0.544. The fraction of sp³-hybridized carbons (Fsp3) is 0.267. The standard InChI is InChI=1S/C15H18N5O4P/c1-11(7-20-9-19-13-14(16)17-8-18-15(13)20)23-10-25(21,22)24-12-5-3-2-4-6-12/h2-6,8-9,11H,7,10H2,1H3,(H,21,22)(H2,16,17,18)/p-1/t11-/m1/s1. The zero-order valence-corrected chi connectivity index (χ0v) is 14.4. The summed E-state index contributed by atoms with van der Waals surface area (Å²) in [5, 5.41) is 0. The molecule has 0 aliphatic heterocycles. The molecule has 25 heavy (non-hydrogen) atoms. The van der Waals surface area contributed by atoms with Crippen LogP contribution in [0.4, 0.5) is 5.82 Å². The lowest BCUT2D eigenvalue weighted by molar-refractivity contribution is -0.197. The largest absolute Gasteiger partial charge is 0.767 e. The van der Waals surface area contributed by atoms with Crippen molar-refractivity contribution in [3.05, 3.63) is 43.0 Å². The molecule has 0 bridgehead atoms. The molecule has 3 aromatic rings. The van der Waals surface area contributed by atoms with Crippen molar-refractivity contribution < 1.29 is 18.7 Å². The van der Waals surface area contributed by atoms with Crippen LogP contribution in [0.15, 0.2) is 43.0 Å². The zero-order chi connectivity index (χ0) is 17.9. The number of anilines is 1. The van der Waals surface area contributed by atoms with E-state index in [-0.39, 0.29) is 11.6 Å². The molecule has 3 rings (SSSR count). The first-order valence-electron chi connectivity index (χ1n) is 7.52. The molecule has 2 heterocycles. The fourth-order valence-electron chi connectivity index (χ4n) is 2.25. The van der Waals surface area contributed by atoms with Crippen molar-refractivity contribution in [2.24, 2.45) is 0 Å². The van der Waals surface area contributed by atoms with E-state index in [9.17, 15) is 9.46 Å². The average Bonchev–Trinajstić information content (AvgIpc) is 2.98. The van der Waals surface area contributed by atoms with Crippen LogP contribution in [0.25, 0.3) is 11.2 Å². The Morgan fingerprint density at radius 1 is 1.28 bits per heavy atom. The van der Waals surface area contributed by atoms with E-state index in [1.54, 1.807) is 48.1 Å². The molecule has 0 radical (unpaired) electrons. The third-order valence-corrected chi connectivity index (χ3v) is 4.34. The number of nitrogen functional groups attached to an aromatic ring is 1. The van der Waals surface area contributed by atoms with E-state index >= 15 is 0 Å². The Morgan fingerprint density at radius 2 is 2.04 bits per heavy atom. The van der Waals surface area contributed by atoms with Crippen LogP contribution >= 0.6 is 7.60 Å². The first-order valence-corrected chi connectivity index (χ1v) is 9.25. The normalized spacial score (nSPS) is 15.0. The third-order valence-electron chi connectivity index (χ3n) is 3.39. The van der Waals surface area contributed by atoms with Gasteiger partial charge in [0.15, 0.2) is 11.5 Å². The van der Waals surface area contributed by atoms with Crippen LogP contribution in [0, 0.1) is 0 Å². The zero-order valence-electron chi connectivity index (χ0n) is 13.5. The van der Waals surface area contributed by atoms with Crippen molar-refractivity contribution in [3.63, 3.8) is 0 Å². The van der Waals surface area contributed by atoms with Crippen LogP contribution in [0.2, 0.25) is 0 Å². The molecule has 0 aliphatic carbocycles. The molecular formula is C15H17N5O4P-. The van der Waals surface area contributed by atoms with Crippen LogP contribution < -0.4 is 15.2 Å². The second-order valence-electron chi connectivity index (χ2n) is 5.45. The van der Waals surface area contributed by atoms with Gasteiger partial charge in [-0.2, -0.15) is 0 Å². The van der Waals surface area contributed by atoms with Gasteiger partial charge in [-0.05, 0) is 19.1 Å². The Bertz CT molecular complexity index is 901. The molecule has 2 aromatic heterocycles. The Hall–Kier alpha value is -2.48. The van der Waals surface area contributed by atoms with E-state index in [0.29, 0.717) is 17.7 Å². The van der Waals surface area contributed by atoms with Gasteiger partial charge in [0.25, 0.3) is 0 Å². The molecule has 2 atom stereocenters. The lowest BCUT2D eigenvalue weighted by atomic mass is 10.3. The number of ether oxygens (including phenoxy) is 1. The minimum Gasteiger partial charge on any atom is -0.767 e. The number of para-hydroxylation sites is 1. The minimum absolute atomic E-state index is 0.255. The maximum atomic E-state index is 12.0. The average molecular weight is 362 g/mol. The van der Waals surface area contributed by atoms with Crippen molar-refractivity contribution in [2.75, 3.05) is 12.1 Å². The predicted octanol–water partition coefficient (Wildman–Crippen LogP) is 1.40.